The Hall–Kier alpha value is -2.07. The highest BCUT2D eigenvalue weighted by Gasteiger charge is 2.28. The maximum absolute atomic E-state index is 11.3. The van der Waals surface area contributed by atoms with E-state index in [-0.39, 0.29) is 5.56 Å². The van der Waals surface area contributed by atoms with Gasteiger partial charge in [-0.2, -0.15) is 10.4 Å². The largest absolute Gasteiger partial charge is 0.477 e. The van der Waals surface area contributed by atoms with Gasteiger partial charge in [0, 0.05) is 13.6 Å². The summed E-state index contributed by atoms with van der Waals surface area (Å²) in [6.45, 7) is 2.98. The number of ether oxygens (including phenoxy) is 1. The summed E-state index contributed by atoms with van der Waals surface area (Å²) < 4.78 is 6.79. The minimum Gasteiger partial charge on any atom is -0.477 e. The SMILES string of the molecule is Cc1nn(C)c(N2CCOC(C#N)C2)c1C(=O)O. The summed E-state index contributed by atoms with van der Waals surface area (Å²) in [7, 11) is 1.70. The number of aromatic nitrogens is 2. The molecule has 1 aliphatic heterocycles. The van der Waals surface area contributed by atoms with E-state index < -0.39 is 12.1 Å². The normalized spacial score (nSPS) is 19.6. The molecule has 1 unspecified atom stereocenters. The molecule has 0 aromatic carbocycles. The van der Waals surface area contributed by atoms with Gasteiger partial charge in [0.1, 0.15) is 11.4 Å². The Kier molecular flexibility index (Phi) is 3.21. The summed E-state index contributed by atoms with van der Waals surface area (Å²) in [6, 6.07) is 2.04. The number of nitrogens with zero attached hydrogens (tertiary/aromatic N) is 4. The molecule has 0 radical (unpaired) electrons. The summed E-state index contributed by atoms with van der Waals surface area (Å²) in [5.74, 6) is -0.473. The number of aryl methyl sites for hydroxylation is 2. The molecule has 18 heavy (non-hydrogen) atoms. The van der Waals surface area contributed by atoms with Crippen molar-refractivity contribution in [2.45, 2.75) is 13.0 Å². The first kappa shape index (κ1) is 12.4. The van der Waals surface area contributed by atoms with Crippen molar-refractivity contribution >= 4 is 11.8 Å². The molecular weight excluding hydrogens is 236 g/mol. The Bertz CT molecular complexity index is 517. The number of hydrogen-bond donors (Lipinski definition) is 1. The highest BCUT2D eigenvalue weighted by Crippen LogP contribution is 2.24. The topological polar surface area (TPSA) is 91.4 Å². The molecule has 1 aliphatic rings. The van der Waals surface area contributed by atoms with Gasteiger partial charge in [-0.25, -0.2) is 4.79 Å². The molecule has 1 N–H and O–H groups in total. The predicted octanol–water partition coefficient (Wildman–Crippen LogP) is 0.156. The second-order valence-electron chi connectivity index (χ2n) is 4.15. The van der Waals surface area contributed by atoms with Crippen molar-refractivity contribution in [3.05, 3.63) is 11.3 Å². The number of carboxylic acid groups (broad SMARTS) is 1. The quantitative estimate of drug-likeness (QED) is 0.803. The third-order valence-corrected chi connectivity index (χ3v) is 2.92. The van der Waals surface area contributed by atoms with Gasteiger partial charge in [-0.1, -0.05) is 0 Å². The van der Waals surface area contributed by atoms with Crippen LogP contribution in [0.1, 0.15) is 16.1 Å². The first-order valence-electron chi connectivity index (χ1n) is 5.57. The molecule has 0 bridgehead atoms. The third kappa shape index (κ3) is 2.02. The van der Waals surface area contributed by atoms with Crippen LogP contribution in [0, 0.1) is 18.3 Å². The standard InChI is InChI=1S/C11H14N4O3/c1-7-9(11(16)17)10(14(2)13-7)15-3-4-18-8(5-12)6-15/h8H,3-4,6H2,1-2H3,(H,16,17). The summed E-state index contributed by atoms with van der Waals surface area (Å²) in [5, 5.41) is 22.2. The number of nitriles is 1. The van der Waals surface area contributed by atoms with Crippen molar-refractivity contribution in [2.75, 3.05) is 24.6 Å². The lowest BCUT2D eigenvalue weighted by Gasteiger charge is -2.31. The molecule has 0 aliphatic carbocycles. The van der Waals surface area contributed by atoms with E-state index in [1.807, 2.05) is 11.0 Å². The van der Waals surface area contributed by atoms with E-state index in [0.29, 0.717) is 31.2 Å². The van der Waals surface area contributed by atoms with Crippen LogP contribution in [0.4, 0.5) is 5.82 Å². The zero-order valence-electron chi connectivity index (χ0n) is 10.3. The minimum atomic E-state index is -1.00. The van der Waals surface area contributed by atoms with E-state index in [4.69, 9.17) is 10.00 Å². The molecule has 1 atom stereocenters. The average molecular weight is 250 g/mol. The zero-order chi connectivity index (χ0) is 13.3. The van der Waals surface area contributed by atoms with Crippen molar-refractivity contribution in [1.29, 1.82) is 5.26 Å². The first-order valence-corrected chi connectivity index (χ1v) is 5.57. The molecule has 1 aromatic heterocycles. The molecule has 0 amide bonds. The monoisotopic (exact) mass is 250 g/mol. The van der Waals surface area contributed by atoms with Gasteiger partial charge in [-0.05, 0) is 6.92 Å². The molecule has 1 saturated heterocycles. The fraction of sp³-hybridized carbons (Fsp3) is 0.545. The molecule has 0 saturated carbocycles. The van der Waals surface area contributed by atoms with Crippen LogP contribution in [0.2, 0.25) is 0 Å². The van der Waals surface area contributed by atoms with Crippen LogP contribution in [-0.2, 0) is 11.8 Å². The fourth-order valence-corrected chi connectivity index (χ4v) is 2.18. The number of carboxylic acids is 1. The predicted molar refractivity (Wildman–Crippen MR) is 62.5 cm³/mol. The molecule has 7 heteroatoms. The van der Waals surface area contributed by atoms with E-state index in [1.54, 1.807) is 18.7 Å². The van der Waals surface area contributed by atoms with Gasteiger partial charge in [-0.3, -0.25) is 4.68 Å². The Balaban J connectivity index is 2.38. The number of hydrogen-bond acceptors (Lipinski definition) is 5. The van der Waals surface area contributed by atoms with Crippen LogP contribution in [0.15, 0.2) is 0 Å². The minimum absolute atomic E-state index is 0.191. The molecule has 96 valence electrons. The Morgan fingerprint density at radius 1 is 1.67 bits per heavy atom. The van der Waals surface area contributed by atoms with Crippen LogP contribution in [-0.4, -0.2) is 46.7 Å². The number of aromatic carboxylic acids is 1. The van der Waals surface area contributed by atoms with Crippen molar-refractivity contribution in [2.24, 2.45) is 7.05 Å². The fourth-order valence-electron chi connectivity index (χ4n) is 2.18. The van der Waals surface area contributed by atoms with Crippen LogP contribution in [0.25, 0.3) is 0 Å². The van der Waals surface area contributed by atoms with E-state index >= 15 is 0 Å². The van der Waals surface area contributed by atoms with Gasteiger partial charge < -0.3 is 14.7 Å². The van der Waals surface area contributed by atoms with Crippen LogP contribution >= 0.6 is 0 Å². The number of anilines is 1. The number of rotatable bonds is 2. The lowest BCUT2D eigenvalue weighted by molar-refractivity contribution is 0.0686. The van der Waals surface area contributed by atoms with Gasteiger partial charge >= 0.3 is 5.97 Å². The van der Waals surface area contributed by atoms with Gasteiger partial charge in [0.2, 0.25) is 0 Å². The summed E-state index contributed by atoms with van der Waals surface area (Å²) >= 11 is 0. The lowest BCUT2D eigenvalue weighted by Crippen LogP contribution is -2.43. The third-order valence-electron chi connectivity index (χ3n) is 2.92. The average Bonchev–Trinajstić information content (AvgIpc) is 2.64. The lowest BCUT2D eigenvalue weighted by atomic mass is 10.2. The second kappa shape index (κ2) is 4.66. The van der Waals surface area contributed by atoms with Crippen LogP contribution in [0.5, 0.6) is 0 Å². The maximum Gasteiger partial charge on any atom is 0.341 e. The molecule has 2 rings (SSSR count). The molecular formula is C11H14N4O3. The summed E-state index contributed by atoms with van der Waals surface area (Å²) in [4.78, 5) is 13.1. The highest BCUT2D eigenvalue weighted by molar-refractivity contribution is 5.94. The number of morpholine rings is 1. The summed E-state index contributed by atoms with van der Waals surface area (Å²) in [5.41, 5.74) is 0.663. The van der Waals surface area contributed by atoms with E-state index in [0.717, 1.165) is 0 Å². The van der Waals surface area contributed by atoms with E-state index in [1.165, 1.54) is 0 Å². The van der Waals surface area contributed by atoms with Crippen molar-refractivity contribution in [1.82, 2.24) is 9.78 Å². The molecule has 1 fully saturated rings. The first-order chi connectivity index (χ1) is 8.54. The summed E-state index contributed by atoms with van der Waals surface area (Å²) in [6.07, 6.45) is -0.532. The Morgan fingerprint density at radius 3 is 3.00 bits per heavy atom. The molecule has 1 aromatic rings. The van der Waals surface area contributed by atoms with E-state index in [9.17, 15) is 9.90 Å². The number of carbonyl (C=O) groups is 1. The highest BCUT2D eigenvalue weighted by atomic mass is 16.5. The molecule has 2 heterocycles. The van der Waals surface area contributed by atoms with Gasteiger partial charge in [0.05, 0.1) is 24.9 Å². The zero-order valence-corrected chi connectivity index (χ0v) is 10.3. The smallest absolute Gasteiger partial charge is 0.341 e. The van der Waals surface area contributed by atoms with Crippen LogP contribution < -0.4 is 4.90 Å². The van der Waals surface area contributed by atoms with Crippen molar-refractivity contribution < 1.29 is 14.6 Å². The van der Waals surface area contributed by atoms with Crippen molar-refractivity contribution in [3.63, 3.8) is 0 Å². The molecule has 7 nitrogen and oxygen atoms in total. The van der Waals surface area contributed by atoms with Crippen LogP contribution in [0.3, 0.4) is 0 Å². The van der Waals surface area contributed by atoms with Crippen molar-refractivity contribution in [3.8, 4) is 6.07 Å². The van der Waals surface area contributed by atoms with Gasteiger partial charge in [-0.15, -0.1) is 0 Å². The van der Waals surface area contributed by atoms with Gasteiger partial charge in [0.15, 0.2) is 6.10 Å². The van der Waals surface area contributed by atoms with Gasteiger partial charge in [0.25, 0.3) is 0 Å². The Morgan fingerprint density at radius 2 is 2.39 bits per heavy atom. The van der Waals surface area contributed by atoms with E-state index in [2.05, 4.69) is 5.10 Å². The second-order valence-corrected chi connectivity index (χ2v) is 4.15. The molecule has 0 spiro atoms. The Labute approximate surface area is 104 Å². The maximum atomic E-state index is 11.3.